The normalized spacial score (nSPS) is 19.9. The molecule has 0 radical (unpaired) electrons. The van der Waals surface area contributed by atoms with Crippen LogP contribution in [-0.2, 0) is 6.61 Å². The van der Waals surface area contributed by atoms with Gasteiger partial charge in [-0.3, -0.25) is 4.79 Å². The first kappa shape index (κ1) is 18.7. The van der Waals surface area contributed by atoms with E-state index in [9.17, 15) is 4.79 Å². The van der Waals surface area contributed by atoms with Crippen molar-refractivity contribution < 1.29 is 9.53 Å². The minimum absolute atomic E-state index is 0.493. The van der Waals surface area contributed by atoms with E-state index in [-0.39, 0.29) is 0 Å². The second-order valence-corrected chi connectivity index (χ2v) is 7.63. The summed E-state index contributed by atoms with van der Waals surface area (Å²) in [5.41, 5.74) is 4.31. The van der Waals surface area contributed by atoms with Crippen molar-refractivity contribution in [3.05, 3.63) is 64.7 Å². The van der Waals surface area contributed by atoms with Gasteiger partial charge in [-0.25, -0.2) is 0 Å². The van der Waals surface area contributed by atoms with Crippen molar-refractivity contribution in [1.82, 2.24) is 0 Å². The summed E-state index contributed by atoms with van der Waals surface area (Å²) in [5.74, 6) is 2.22. The number of aryl methyl sites for hydroxylation is 1. The molecular formula is C24H30O2. The molecule has 1 aliphatic carbocycles. The first-order valence-electron chi connectivity index (χ1n) is 9.98. The lowest BCUT2D eigenvalue weighted by Crippen LogP contribution is -2.17. The van der Waals surface area contributed by atoms with Gasteiger partial charge in [0.25, 0.3) is 0 Å². The van der Waals surface area contributed by atoms with Gasteiger partial charge in [0.1, 0.15) is 12.4 Å². The van der Waals surface area contributed by atoms with Gasteiger partial charge in [-0.05, 0) is 54.9 Å². The van der Waals surface area contributed by atoms with Gasteiger partial charge in [0.05, 0.1) is 5.56 Å². The van der Waals surface area contributed by atoms with Crippen molar-refractivity contribution >= 4 is 6.29 Å². The Balaban J connectivity index is 1.65. The highest BCUT2D eigenvalue weighted by Gasteiger charge is 2.25. The number of rotatable bonds is 7. The first-order chi connectivity index (χ1) is 12.7. The van der Waals surface area contributed by atoms with Crippen LogP contribution in [0.4, 0.5) is 0 Å². The number of hydrogen-bond acceptors (Lipinski definition) is 2. The molecule has 1 aliphatic rings. The van der Waals surface area contributed by atoms with Crippen LogP contribution in [0.25, 0.3) is 0 Å². The highest BCUT2D eigenvalue weighted by Crippen LogP contribution is 2.40. The monoisotopic (exact) mass is 350 g/mol. The molecule has 0 spiro atoms. The van der Waals surface area contributed by atoms with Gasteiger partial charge in [-0.2, -0.15) is 0 Å². The first-order valence-corrected chi connectivity index (χ1v) is 9.98. The zero-order valence-corrected chi connectivity index (χ0v) is 16.0. The Labute approximate surface area is 157 Å². The fourth-order valence-corrected chi connectivity index (χ4v) is 4.28. The van der Waals surface area contributed by atoms with E-state index in [1.165, 1.54) is 44.1 Å². The Morgan fingerprint density at radius 1 is 1.08 bits per heavy atom. The highest BCUT2D eigenvalue weighted by molar-refractivity contribution is 5.79. The lowest BCUT2D eigenvalue weighted by molar-refractivity contribution is 0.111. The van der Waals surface area contributed by atoms with Crippen LogP contribution < -0.4 is 4.74 Å². The van der Waals surface area contributed by atoms with Crippen molar-refractivity contribution in [2.45, 2.75) is 64.9 Å². The van der Waals surface area contributed by atoms with Crippen molar-refractivity contribution in [1.29, 1.82) is 0 Å². The van der Waals surface area contributed by atoms with Crippen molar-refractivity contribution in [3.8, 4) is 5.75 Å². The van der Waals surface area contributed by atoms with Gasteiger partial charge in [0, 0.05) is 0 Å². The Morgan fingerprint density at radius 2 is 1.85 bits per heavy atom. The van der Waals surface area contributed by atoms with E-state index >= 15 is 0 Å². The third kappa shape index (κ3) is 4.55. The van der Waals surface area contributed by atoms with Crippen molar-refractivity contribution in [2.24, 2.45) is 5.92 Å². The zero-order chi connectivity index (χ0) is 18.4. The van der Waals surface area contributed by atoms with Crippen molar-refractivity contribution in [3.63, 3.8) is 0 Å². The Morgan fingerprint density at radius 3 is 2.58 bits per heavy atom. The van der Waals surface area contributed by atoms with E-state index in [4.69, 9.17) is 4.74 Å². The van der Waals surface area contributed by atoms with Crippen LogP contribution in [0.15, 0.2) is 42.5 Å². The van der Waals surface area contributed by atoms with Crippen LogP contribution in [0.5, 0.6) is 5.75 Å². The van der Waals surface area contributed by atoms with E-state index in [1.54, 1.807) is 0 Å². The summed E-state index contributed by atoms with van der Waals surface area (Å²) in [7, 11) is 0. The largest absolute Gasteiger partial charge is 0.488 e. The van der Waals surface area contributed by atoms with Crippen LogP contribution in [0.1, 0.15) is 78.4 Å². The molecule has 2 unspecified atom stereocenters. The van der Waals surface area contributed by atoms with Crippen LogP contribution in [0.3, 0.4) is 0 Å². The van der Waals surface area contributed by atoms with Crippen LogP contribution in [0, 0.1) is 12.8 Å². The minimum Gasteiger partial charge on any atom is -0.488 e. The summed E-state index contributed by atoms with van der Waals surface area (Å²) in [5, 5.41) is 0. The molecule has 0 amide bonds. The molecule has 0 aromatic heterocycles. The fraction of sp³-hybridized carbons (Fsp3) is 0.458. The quantitative estimate of drug-likeness (QED) is 0.536. The molecule has 3 rings (SSSR count). The highest BCUT2D eigenvalue weighted by atomic mass is 16.5. The molecule has 26 heavy (non-hydrogen) atoms. The molecule has 2 heteroatoms. The summed E-state index contributed by atoms with van der Waals surface area (Å²) in [6.45, 7) is 4.77. The zero-order valence-electron chi connectivity index (χ0n) is 16.0. The molecule has 2 atom stereocenters. The van der Waals surface area contributed by atoms with Crippen LogP contribution in [0.2, 0.25) is 0 Å². The van der Waals surface area contributed by atoms with Gasteiger partial charge >= 0.3 is 0 Å². The van der Waals surface area contributed by atoms with Gasteiger partial charge in [0.2, 0.25) is 0 Å². The molecule has 1 saturated carbocycles. The number of ether oxygens (including phenoxy) is 1. The maximum Gasteiger partial charge on any atom is 0.153 e. The Bertz CT molecular complexity index is 715. The van der Waals surface area contributed by atoms with Crippen LogP contribution >= 0.6 is 0 Å². The van der Waals surface area contributed by atoms with Crippen LogP contribution in [-0.4, -0.2) is 6.29 Å². The lowest BCUT2D eigenvalue weighted by atomic mass is 9.73. The minimum atomic E-state index is 0.493. The smallest absolute Gasteiger partial charge is 0.153 e. The van der Waals surface area contributed by atoms with Gasteiger partial charge in [-0.15, -0.1) is 0 Å². The average Bonchev–Trinajstić information content (AvgIpc) is 2.68. The van der Waals surface area contributed by atoms with Gasteiger partial charge in [-0.1, -0.05) is 68.5 Å². The number of carbonyl (C=O) groups is 1. The summed E-state index contributed by atoms with van der Waals surface area (Å²) in [6, 6.07) is 14.7. The molecule has 1 fully saturated rings. The van der Waals surface area contributed by atoms with Crippen molar-refractivity contribution in [2.75, 3.05) is 0 Å². The molecule has 0 saturated heterocycles. The second kappa shape index (κ2) is 9.02. The average molecular weight is 351 g/mol. The second-order valence-electron chi connectivity index (χ2n) is 7.63. The van der Waals surface area contributed by atoms with E-state index < -0.39 is 0 Å². The number of hydrogen-bond donors (Lipinski definition) is 0. The third-order valence-corrected chi connectivity index (χ3v) is 5.66. The predicted molar refractivity (Wildman–Crippen MR) is 107 cm³/mol. The Kier molecular flexibility index (Phi) is 6.49. The summed E-state index contributed by atoms with van der Waals surface area (Å²) >= 11 is 0. The summed E-state index contributed by atoms with van der Waals surface area (Å²) < 4.78 is 5.88. The molecule has 0 heterocycles. The molecule has 2 aromatic carbocycles. The van der Waals surface area contributed by atoms with E-state index in [0.29, 0.717) is 17.9 Å². The van der Waals surface area contributed by atoms with Gasteiger partial charge in [0.15, 0.2) is 6.29 Å². The maximum absolute atomic E-state index is 11.2. The summed E-state index contributed by atoms with van der Waals surface area (Å²) in [6.07, 6.45) is 8.95. The SMILES string of the molecule is CCCC1CCCCC1c1ccc(COc2ccc(C)cc2C=O)cc1. The van der Waals surface area contributed by atoms with E-state index in [1.807, 2.05) is 25.1 Å². The maximum atomic E-state index is 11.2. The topological polar surface area (TPSA) is 26.3 Å². The Hall–Kier alpha value is -2.09. The molecular weight excluding hydrogens is 320 g/mol. The fourth-order valence-electron chi connectivity index (χ4n) is 4.28. The number of aldehydes is 1. The molecule has 0 bridgehead atoms. The molecule has 0 N–H and O–H groups in total. The molecule has 2 nitrogen and oxygen atoms in total. The van der Waals surface area contributed by atoms with Gasteiger partial charge < -0.3 is 4.74 Å². The standard InChI is InChI=1S/C24H30O2/c1-3-6-20-7-4-5-8-23(20)21-12-10-19(11-13-21)17-26-24-14-9-18(2)15-22(24)16-25/h9-16,20,23H,3-8,17H2,1-2H3. The summed E-state index contributed by atoms with van der Waals surface area (Å²) in [4.78, 5) is 11.2. The molecule has 0 aliphatic heterocycles. The lowest BCUT2D eigenvalue weighted by Gasteiger charge is -2.32. The van der Waals surface area contributed by atoms with E-state index in [0.717, 1.165) is 29.2 Å². The molecule has 138 valence electrons. The van der Waals surface area contributed by atoms with E-state index in [2.05, 4.69) is 31.2 Å². The predicted octanol–water partition coefficient (Wildman–Crippen LogP) is 6.46. The number of carbonyl (C=O) groups excluding carboxylic acids is 1. The third-order valence-electron chi connectivity index (χ3n) is 5.66. The molecule has 2 aromatic rings. The number of benzene rings is 2.